The van der Waals surface area contributed by atoms with Crippen LogP contribution in [-0.2, 0) is 6.42 Å². The summed E-state index contributed by atoms with van der Waals surface area (Å²) >= 11 is 0. The molecule has 2 aliphatic carbocycles. The van der Waals surface area contributed by atoms with Crippen LogP contribution < -0.4 is 16.4 Å². The van der Waals surface area contributed by atoms with E-state index in [2.05, 4.69) is 24.1 Å². The van der Waals surface area contributed by atoms with Crippen LogP contribution in [0.4, 0.5) is 10.1 Å². The predicted octanol–water partition coefficient (Wildman–Crippen LogP) is 6.28. The maximum atomic E-state index is 14.0. The highest BCUT2D eigenvalue weighted by molar-refractivity contribution is 6.14. The first-order valence-electron chi connectivity index (χ1n) is 13.7. The van der Waals surface area contributed by atoms with Gasteiger partial charge in [0.05, 0.1) is 11.8 Å². The molecule has 0 spiro atoms. The number of nitrogens with two attached hydrogens (primary N) is 1. The molecule has 0 heterocycles. The number of benzene rings is 2. The van der Waals surface area contributed by atoms with Crippen LogP contribution in [0.3, 0.4) is 0 Å². The van der Waals surface area contributed by atoms with Gasteiger partial charge in [0.1, 0.15) is 5.83 Å². The van der Waals surface area contributed by atoms with E-state index in [0.29, 0.717) is 53.7 Å². The first-order chi connectivity index (χ1) is 18.3. The Morgan fingerprint density at radius 1 is 1.08 bits per heavy atom. The van der Waals surface area contributed by atoms with E-state index < -0.39 is 6.10 Å². The highest BCUT2D eigenvalue weighted by atomic mass is 19.1. The first kappa shape index (κ1) is 29.3. The van der Waals surface area contributed by atoms with Crippen LogP contribution in [0.5, 0.6) is 0 Å². The summed E-state index contributed by atoms with van der Waals surface area (Å²) in [5.41, 5.74) is 11.5. The number of aliphatic hydroxyl groups is 1. The molecule has 2 aliphatic rings. The van der Waals surface area contributed by atoms with Crippen molar-refractivity contribution in [2.75, 3.05) is 19.3 Å². The quantitative estimate of drug-likeness (QED) is 0.169. The van der Waals surface area contributed by atoms with Crippen molar-refractivity contribution in [2.45, 2.75) is 70.4 Å². The second-order valence-corrected chi connectivity index (χ2v) is 10.1. The van der Waals surface area contributed by atoms with Crippen molar-refractivity contribution < 1.29 is 9.50 Å². The molecule has 0 bridgehead atoms. The first-order valence-corrected chi connectivity index (χ1v) is 13.7. The monoisotopic (exact) mass is 518 g/mol. The lowest BCUT2D eigenvalue weighted by molar-refractivity contribution is 0.150. The van der Waals surface area contributed by atoms with Gasteiger partial charge >= 0.3 is 0 Å². The topological polar surface area (TPSA) is 94.2 Å². The summed E-state index contributed by atoms with van der Waals surface area (Å²) in [5.74, 6) is -0.181. The van der Waals surface area contributed by atoms with Crippen molar-refractivity contribution in [3.8, 4) is 0 Å². The summed E-state index contributed by atoms with van der Waals surface area (Å²) in [6.07, 6.45) is 11.4. The van der Waals surface area contributed by atoms with Gasteiger partial charge in [0.25, 0.3) is 0 Å². The van der Waals surface area contributed by atoms with Gasteiger partial charge in [-0.1, -0.05) is 69.2 Å². The molecule has 204 valence electrons. The number of hydrogen-bond acceptors (Lipinski definition) is 5. The number of anilines is 1. The van der Waals surface area contributed by atoms with Crippen molar-refractivity contribution >= 4 is 17.1 Å². The summed E-state index contributed by atoms with van der Waals surface area (Å²) < 4.78 is 14.0. The van der Waals surface area contributed by atoms with Gasteiger partial charge in [-0.2, -0.15) is 0 Å². The third-order valence-electron chi connectivity index (χ3n) is 6.88. The lowest BCUT2D eigenvalue weighted by atomic mass is 9.95. The molecule has 2 unspecified atom stereocenters. The molecular formula is C32H43FN4O. The second-order valence-electron chi connectivity index (χ2n) is 10.1. The molecular weight excluding hydrogens is 475 g/mol. The van der Waals surface area contributed by atoms with Crippen LogP contribution in [0.15, 0.2) is 72.6 Å². The Labute approximate surface area is 227 Å². The van der Waals surface area contributed by atoms with E-state index in [1.54, 1.807) is 12.1 Å². The Hall–Kier alpha value is -3.22. The number of allylic oxidation sites excluding steroid dienone is 2. The smallest absolute Gasteiger partial charge is 0.123 e. The van der Waals surface area contributed by atoms with Crippen LogP contribution in [0.1, 0.15) is 74.1 Å². The lowest BCUT2D eigenvalue weighted by Gasteiger charge is -2.18. The number of nitrogen functional groups attached to an aromatic ring is 1. The molecule has 5 nitrogen and oxygen atoms in total. The summed E-state index contributed by atoms with van der Waals surface area (Å²) in [4.78, 5) is 0. The Balaban J connectivity index is 0.00000124. The van der Waals surface area contributed by atoms with Crippen molar-refractivity contribution in [3.63, 3.8) is 0 Å². The molecule has 2 aromatic carbocycles. The largest absolute Gasteiger partial charge is 0.398 e. The van der Waals surface area contributed by atoms with Crippen molar-refractivity contribution in [3.05, 3.63) is 94.8 Å². The molecule has 0 aromatic heterocycles. The molecule has 38 heavy (non-hydrogen) atoms. The van der Waals surface area contributed by atoms with Gasteiger partial charge in [-0.05, 0) is 68.5 Å². The van der Waals surface area contributed by atoms with E-state index >= 15 is 0 Å². The molecule has 0 radical (unpaired) electrons. The van der Waals surface area contributed by atoms with E-state index in [-0.39, 0.29) is 5.83 Å². The minimum atomic E-state index is -0.420. The van der Waals surface area contributed by atoms with E-state index in [1.165, 1.54) is 19.3 Å². The Morgan fingerprint density at radius 3 is 2.34 bits per heavy atom. The predicted molar refractivity (Wildman–Crippen MR) is 158 cm³/mol. The molecule has 2 aromatic rings. The fourth-order valence-corrected chi connectivity index (χ4v) is 4.25. The van der Waals surface area contributed by atoms with Gasteiger partial charge in [-0.3, -0.25) is 5.41 Å². The number of rotatable bonds is 12. The van der Waals surface area contributed by atoms with Gasteiger partial charge in [-0.25, -0.2) is 4.39 Å². The average molecular weight is 519 g/mol. The number of nitrogens with one attached hydrogen (secondary N) is 3. The zero-order chi connectivity index (χ0) is 27.5. The van der Waals surface area contributed by atoms with Gasteiger partial charge in [0.15, 0.2) is 0 Å². The lowest BCUT2D eigenvalue weighted by Crippen LogP contribution is -2.29. The summed E-state index contributed by atoms with van der Waals surface area (Å²) in [7, 11) is 1.92. The third-order valence-corrected chi connectivity index (χ3v) is 6.88. The highest BCUT2D eigenvalue weighted by Gasteiger charge is 2.15. The molecule has 4 rings (SSSR count). The van der Waals surface area contributed by atoms with Crippen LogP contribution in [0.25, 0.3) is 5.70 Å². The maximum absolute atomic E-state index is 14.0. The number of halogens is 1. The Kier molecular flexibility index (Phi) is 11.3. The Bertz CT molecular complexity index is 1140. The van der Waals surface area contributed by atoms with Crippen LogP contribution in [0, 0.1) is 5.41 Å². The van der Waals surface area contributed by atoms with E-state index in [0.717, 1.165) is 36.0 Å². The zero-order valence-electron chi connectivity index (χ0n) is 22.8. The van der Waals surface area contributed by atoms with Gasteiger partial charge in [0, 0.05) is 40.7 Å². The standard InChI is InChI=1S/C29H37FN4O.C3H6/c1-4-24(33-3)17-25(35)15-20-9-11-21(12-10-20)29(32)26-16-22(13-14-28(26)31)19(2)34-18-23-7-5-6-8-27(23)30;1-2-3-1/h7-14,16,24-25,32-35H,2,4-6,15,17-18,31H2,1,3H3;1-3H2. The highest BCUT2D eigenvalue weighted by Crippen LogP contribution is 2.24. The Morgan fingerprint density at radius 2 is 1.74 bits per heavy atom. The van der Waals surface area contributed by atoms with Gasteiger partial charge in [0.2, 0.25) is 0 Å². The molecule has 1 fully saturated rings. The normalized spacial score (nSPS) is 15.8. The van der Waals surface area contributed by atoms with E-state index in [1.807, 2.05) is 49.5 Å². The number of hydrogen-bond donors (Lipinski definition) is 5. The number of aliphatic hydroxyl groups excluding tert-OH is 1. The van der Waals surface area contributed by atoms with Gasteiger partial charge in [-0.15, -0.1) is 0 Å². The molecule has 6 heteroatoms. The molecule has 2 atom stereocenters. The van der Waals surface area contributed by atoms with E-state index in [9.17, 15) is 9.50 Å². The molecule has 1 saturated carbocycles. The van der Waals surface area contributed by atoms with Crippen LogP contribution in [0.2, 0.25) is 0 Å². The van der Waals surface area contributed by atoms with E-state index in [4.69, 9.17) is 11.1 Å². The maximum Gasteiger partial charge on any atom is 0.123 e. The summed E-state index contributed by atoms with van der Waals surface area (Å²) in [6, 6.07) is 13.4. The molecule has 0 aliphatic heterocycles. The van der Waals surface area contributed by atoms with Crippen LogP contribution in [-0.4, -0.2) is 36.6 Å². The fourth-order valence-electron chi connectivity index (χ4n) is 4.25. The summed E-state index contributed by atoms with van der Waals surface area (Å²) in [6.45, 7) is 6.55. The van der Waals surface area contributed by atoms with Crippen molar-refractivity contribution in [2.24, 2.45) is 0 Å². The fraction of sp³-hybridized carbons (Fsp3) is 0.406. The van der Waals surface area contributed by atoms with Crippen molar-refractivity contribution in [1.82, 2.24) is 10.6 Å². The SMILES string of the molecule is C1CC1.C=C(NCC1=CCCC=C1F)c1ccc(N)c(C(=N)c2ccc(CC(O)CC(CC)NC)cc2)c1. The van der Waals surface area contributed by atoms with Crippen molar-refractivity contribution in [1.29, 1.82) is 5.41 Å². The molecule has 0 saturated heterocycles. The molecule has 0 amide bonds. The summed E-state index contributed by atoms with van der Waals surface area (Å²) in [5, 5.41) is 25.6. The average Bonchev–Trinajstić information content (AvgIpc) is 3.81. The zero-order valence-corrected chi connectivity index (χ0v) is 22.8. The van der Waals surface area contributed by atoms with Gasteiger partial charge < -0.3 is 21.5 Å². The van der Waals surface area contributed by atoms with Crippen LogP contribution >= 0.6 is 0 Å². The minimum Gasteiger partial charge on any atom is -0.398 e. The minimum absolute atomic E-state index is 0.181. The molecule has 6 N–H and O–H groups in total. The third kappa shape index (κ3) is 8.96. The second kappa shape index (κ2) is 14.6.